The molecule has 2 aromatic rings. The number of hydrogen-bond donors (Lipinski definition) is 0. The van der Waals surface area contributed by atoms with Crippen molar-refractivity contribution in [2.45, 2.75) is 91.0 Å². The minimum atomic E-state index is 1.11. The topological polar surface area (TPSA) is 7.76 Å². The summed E-state index contributed by atoms with van der Waals surface area (Å²) in [5.74, 6) is 1.30. The van der Waals surface area contributed by atoms with Gasteiger partial charge in [-0.15, -0.1) is 9.13 Å². The monoisotopic (exact) mass is 354 g/mol. The molecule has 0 radical (unpaired) electrons. The molecule has 2 heteroatoms. The van der Waals surface area contributed by atoms with Gasteiger partial charge in [-0.1, -0.05) is 64.9 Å². The first-order valence-electron chi connectivity index (χ1n) is 10.8. The Morgan fingerprint density at radius 1 is 0.654 bits per heavy atom. The number of aryl methyl sites for hydroxylation is 2. The molecule has 2 heterocycles. The van der Waals surface area contributed by atoms with E-state index in [1.54, 1.807) is 0 Å². The van der Waals surface area contributed by atoms with Gasteiger partial charge in [0.2, 0.25) is 0 Å². The van der Waals surface area contributed by atoms with E-state index in [2.05, 4.69) is 71.8 Å². The molecule has 26 heavy (non-hydrogen) atoms. The third kappa shape index (κ3) is 6.90. The second-order valence-electron chi connectivity index (χ2n) is 7.39. The first-order chi connectivity index (χ1) is 12.9. The zero-order valence-corrected chi connectivity index (χ0v) is 17.0. The molecule has 0 spiro atoms. The first-order valence-corrected chi connectivity index (χ1v) is 10.8. The van der Waals surface area contributed by atoms with Crippen LogP contribution in [0.2, 0.25) is 0 Å². The zero-order valence-electron chi connectivity index (χ0n) is 17.0. The highest BCUT2D eigenvalue weighted by atomic mass is 15.1. The van der Waals surface area contributed by atoms with Crippen LogP contribution in [-0.2, 0) is 13.0 Å². The lowest BCUT2D eigenvalue weighted by molar-refractivity contribution is -0.795. The second-order valence-corrected chi connectivity index (χ2v) is 7.39. The maximum atomic E-state index is 2.42. The van der Waals surface area contributed by atoms with E-state index in [4.69, 9.17) is 0 Å². The quantitative estimate of drug-likeness (QED) is 0.320. The van der Waals surface area contributed by atoms with Crippen molar-refractivity contribution in [3.05, 3.63) is 54.5 Å². The largest absolute Gasteiger partial charge is 0.449 e. The smallest absolute Gasteiger partial charge is 0.143 e. The minimum Gasteiger partial charge on any atom is -0.143 e. The van der Waals surface area contributed by atoms with Gasteiger partial charge < -0.3 is 0 Å². The number of rotatable bonds is 13. The Kier molecular flexibility index (Phi) is 10.0. The van der Waals surface area contributed by atoms with Gasteiger partial charge in [0.05, 0.1) is 6.07 Å². The Labute approximate surface area is 160 Å². The number of unbranched alkanes of at least 4 members (excludes halogenated alkanes) is 8. The molecule has 2 rings (SSSR count). The van der Waals surface area contributed by atoms with Crippen LogP contribution in [0.4, 0.5) is 0 Å². The maximum Gasteiger partial charge on any atom is 0.449 e. The van der Waals surface area contributed by atoms with Crippen molar-refractivity contribution in [1.29, 1.82) is 0 Å². The van der Waals surface area contributed by atoms with Crippen LogP contribution >= 0.6 is 0 Å². The van der Waals surface area contributed by atoms with Crippen LogP contribution in [-0.4, -0.2) is 0 Å². The predicted molar refractivity (Wildman–Crippen MR) is 109 cm³/mol. The van der Waals surface area contributed by atoms with Gasteiger partial charge in [-0.25, -0.2) is 0 Å². The van der Waals surface area contributed by atoms with Crippen LogP contribution < -0.4 is 9.13 Å². The number of pyridine rings is 2. The molecule has 0 aliphatic heterocycles. The molecular weight excluding hydrogens is 316 g/mol. The Balaban J connectivity index is 2.03. The molecule has 2 nitrogen and oxygen atoms in total. The van der Waals surface area contributed by atoms with E-state index >= 15 is 0 Å². The molecule has 2 aromatic heterocycles. The Hall–Kier alpha value is -1.70. The van der Waals surface area contributed by atoms with E-state index in [-0.39, 0.29) is 0 Å². The van der Waals surface area contributed by atoms with Gasteiger partial charge in [0.15, 0.2) is 24.6 Å². The van der Waals surface area contributed by atoms with Crippen molar-refractivity contribution in [2.24, 2.45) is 0 Å². The van der Waals surface area contributed by atoms with Crippen LogP contribution in [0.3, 0.4) is 0 Å². The summed E-state index contributed by atoms with van der Waals surface area (Å²) >= 11 is 0. The molecule has 0 aliphatic carbocycles. The van der Waals surface area contributed by atoms with Crippen molar-refractivity contribution >= 4 is 0 Å². The van der Waals surface area contributed by atoms with Crippen molar-refractivity contribution in [1.82, 2.24) is 0 Å². The summed E-state index contributed by atoms with van der Waals surface area (Å²) in [7, 11) is 0. The molecule has 0 aliphatic rings. The fourth-order valence-corrected chi connectivity index (χ4v) is 3.58. The van der Waals surface area contributed by atoms with Crippen LogP contribution in [0.5, 0.6) is 0 Å². The maximum absolute atomic E-state index is 2.42. The van der Waals surface area contributed by atoms with E-state index in [1.807, 2.05) is 0 Å². The van der Waals surface area contributed by atoms with E-state index < -0.39 is 0 Å². The Bertz CT molecular complexity index is 566. The average molecular weight is 355 g/mol. The Morgan fingerprint density at radius 2 is 1.31 bits per heavy atom. The number of hydrogen-bond acceptors (Lipinski definition) is 0. The SMILES string of the molecule is CCCCCCCc1cccc[n+]1-c1cccc[n+]1CCCCCCC. The molecule has 0 N–H and O–H groups in total. The molecule has 0 unspecified atom stereocenters. The van der Waals surface area contributed by atoms with Gasteiger partial charge in [0, 0.05) is 31.0 Å². The third-order valence-corrected chi connectivity index (χ3v) is 5.15. The molecule has 0 saturated carbocycles. The van der Waals surface area contributed by atoms with Gasteiger partial charge in [-0.3, -0.25) is 0 Å². The van der Waals surface area contributed by atoms with Crippen molar-refractivity contribution in [2.75, 3.05) is 0 Å². The summed E-state index contributed by atoms with van der Waals surface area (Å²) in [5, 5.41) is 0. The van der Waals surface area contributed by atoms with Crippen molar-refractivity contribution in [3.8, 4) is 5.82 Å². The lowest BCUT2D eigenvalue weighted by atomic mass is 10.1. The average Bonchev–Trinajstić information content (AvgIpc) is 2.68. The van der Waals surface area contributed by atoms with Gasteiger partial charge >= 0.3 is 5.82 Å². The Morgan fingerprint density at radius 3 is 2.08 bits per heavy atom. The zero-order chi connectivity index (χ0) is 18.5. The molecule has 0 atom stereocenters. The van der Waals surface area contributed by atoms with E-state index in [1.165, 1.54) is 75.7 Å². The molecule has 142 valence electrons. The fraction of sp³-hybridized carbons (Fsp3) is 0.583. The summed E-state index contributed by atoms with van der Waals surface area (Å²) in [6.45, 7) is 5.67. The summed E-state index contributed by atoms with van der Waals surface area (Å²) < 4.78 is 4.82. The van der Waals surface area contributed by atoms with Crippen LogP contribution in [0.1, 0.15) is 83.7 Å². The third-order valence-electron chi connectivity index (χ3n) is 5.15. The molecule has 0 amide bonds. The van der Waals surface area contributed by atoms with Gasteiger partial charge in [-0.2, -0.15) is 0 Å². The second kappa shape index (κ2) is 12.6. The molecule has 0 saturated heterocycles. The fourth-order valence-electron chi connectivity index (χ4n) is 3.58. The minimum absolute atomic E-state index is 1.11. The summed E-state index contributed by atoms with van der Waals surface area (Å²) in [6.07, 6.45) is 18.9. The lowest BCUT2D eigenvalue weighted by Gasteiger charge is -2.04. The van der Waals surface area contributed by atoms with Gasteiger partial charge in [0.1, 0.15) is 0 Å². The van der Waals surface area contributed by atoms with E-state index in [0.717, 1.165) is 13.0 Å². The summed E-state index contributed by atoms with van der Waals surface area (Å²) in [4.78, 5) is 0. The molecule has 0 bridgehead atoms. The van der Waals surface area contributed by atoms with E-state index in [0.29, 0.717) is 0 Å². The van der Waals surface area contributed by atoms with Crippen LogP contribution in [0, 0.1) is 0 Å². The van der Waals surface area contributed by atoms with Crippen molar-refractivity contribution in [3.63, 3.8) is 0 Å². The number of nitrogens with zero attached hydrogens (tertiary/aromatic N) is 2. The van der Waals surface area contributed by atoms with Crippen molar-refractivity contribution < 1.29 is 9.13 Å². The molecule has 0 fully saturated rings. The van der Waals surface area contributed by atoms with E-state index in [9.17, 15) is 0 Å². The highest BCUT2D eigenvalue weighted by molar-refractivity contribution is 5.07. The van der Waals surface area contributed by atoms with Crippen LogP contribution in [0.15, 0.2) is 48.8 Å². The highest BCUT2D eigenvalue weighted by Crippen LogP contribution is 2.08. The van der Waals surface area contributed by atoms with Crippen LogP contribution in [0.25, 0.3) is 5.82 Å². The molecular formula is C24H38N2+2. The standard InChI is InChI=1S/C24H38N2/c1-3-5-7-9-11-17-23-18-12-16-22-26(23)24-19-13-15-21-25(24)20-14-10-8-6-4-2/h12-13,15-16,18-19,21-22H,3-11,14,17,20H2,1-2H3/q+2. The first kappa shape index (κ1) is 20.6. The lowest BCUT2D eigenvalue weighted by Crippen LogP contribution is -2.50. The molecule has 0 aromatic carbocycles. The normalized spacial score (nSPS) is 11.0. The summed E-state index contributed by atoms with van der Waals surface area (Å²) in [5.41, 5.74) is 1.43. The highest BCUT2D eigenvalue weighted by Gasteiger charge is 2.22. The summed E-state index contributed by atoms with van der Waals surface area (Å²) in [6, 6.07) is 13.2. The predicted octanol–water partition coefficient (Wildman–Crippen LogP) is 5.73. The number of aromatic nitrogens is 2. The van der Waals surface area contributed by atoms with Gasteiger partial charge in [0.25, 0.3) is 0 Å². The van der Waals surface area contributed by atoms with Gasteiger partial charge in [-0.05, 0) is 18.9 Å².